The molecule has 0 heterocycles. The summed E-state index contributed by atoms with van der Waals surface area (Å²) in [6.07, 6.45) is 5.97. The minimum absolute atomic E-state index is 1.35. The van der Waals surface area contributed by atoms with E-state index in [9.17, 15) is 26.1 Å². The van der Waals surface area contributed by atoms with Gasteiger partial charge in [-0.25, -0.2) is 21.6 Å². The summed E-state index contributed by atoms with van der Waals surface area (Å²) in [6, 6.07) is 0. The van der Waals surface area contributed by atoms with Crippen LogP contribution in [-0.2, 0) is 10.1 Å². The van der Waals surface area contributed by atoms with E-state index in [0.29, 0.717) is 0 Å². The fraction of sp³-hybridized carbons (Fsp3) is 1.00. The topological polar surface area (TPSA) is 57.2 Å². The van der Waals surface area contributed by atoms with Crippen LogP contribution < -0.4 is 0 Å². The highest BCUT2D eigenvalue weighted by Crippen LogP contribution is 2.16. The molecule has 4 nitrogen and oxygen atoms in total. The Morgan fingerprint density at radius 1 is 0.750 bits per heavy atom. The molecule has 0 aromatic rings. The SMILES string of the molecule is CCCC[N+](CCCC)(CCCC)CCCC.O=S(=O)([O-])CC(F)C(F)CF. The van der Waals surface area contributed by atoms with Gasteiger partial charge in [-0.3, -0.25) is 0 Å². The summed E-state index contributed by atoms with van der Waals surface area (Å²) in [5.74, 6) is -1.52. The quantitative estimate of drug-likeness (QED) is 0.249. The lowest BCUT2D eigenvalue weighted by molar-refractivity contribution is -0.929. The predicted molar refractivity (Wildman–Crippen MR) is 110 cm³/mol. The van der Waals surface area contributed by atoms with Gasteiger partial charge in [0.25, 0.3) is 0 Å². The largest absolute Gasteiger partial charge is 0.748 e. The van der Waals surface area contributed by atoms with Gasteiger partial charge in [-0.1, -0.05) is 53.4 Å². The first kappa shape index (κ1) is 29.9. The third-order valence-corrected chi connectivity index (χ3v) is 5.57. The molecule has 8 heteroatoms. The zero-order valence-electron chi connectivity index (χ0n) is 18.3. The van der Waals surface area contributed by atoms with Gasteiger partial charge < -0.3 is 9.04 Å². The summed E-state index contributed by atoms with van der Waals surface area (Å²) in [5, 5.41) is 0. The Morgan fingerprint density at radius 2 is 1.07 bits per heavy atom. The molecule has 2 atom stereocenters. The van der Waals surface area contributed by atoms with E-state index in [1.807, 2.05) is 0 Å². The van der Waals surface area contributed by atoms with Crippen molar-refractivity contribution in [1.82, 2.24) is 0 Å². The summed E-state index contributed by atoms with van der Waals surface area (Å²) in [5.41, 5.74) is 0. The van der Waals surface area contributed by atoms with Crippen LogP contribution in [0.5, 0.6) is 0 Å². The van der Waals surface area contributed by atoms with Crippen LogP contribution in [0.15, 0.2) is 0 Å². The van der Waals surface area contributed by atoms with E-state index >= 15 is 0 Å². The molecule has 172 valence electrons. The molecule has 2 unspecified atom stereocenters. The summed E-state index contributed by atoms with van der Waals surface area (Å²) in [7, 11) is -4.81. The molecule has 0 amide bonds. The lowest BCUT2D eigenvalue weighted by Gasteiger charge is -2.39. The number of halogens is 3. The van der Waals surface area contributed by atoms with Gasteiger partial charge in [-0.2, -0.15) is 0 Å². The highest BCUT2D eigenvalue weighted by molar-refractivity contribution is 7.85. The maximum absolute atomic E-state index is 12.1. The van der Waals surface area contributed by atoms with Crippen LogP contribution in [0.25, 0.3) is 0 Å². The smallest absolute Gasteiger partial charge is 0.160 e. The number of alkyl halides is 3. The van der Waals surface area contributed by atoms with E-state index in [2.05, 4.69) is 27.7 Å². The molecule has 0 aliphatic heterocycles. The first-order valence-corrected chi connectivity index (χ1v) is 12.3. The van der Waals surface area contributed by atoms with Gasteiger partial charge >= 0.3 is 0 Å². The van der Waals surface area contributed by atoms with Crippen molar-refractivity contribution in [2.24, 2.45) is 0 Å². The number of nitrogens with zero attached hydrogens (tertiary/aromatic N) is 1. The number of hydrogen-bond acceptors (Lipinski definition) is 3. The standard InChI is InChI=1S/C16H36N.C4H7F3O3S/c1-5-9-13-17(14-10-6-2,15-11-7-3)16-12-8-4;5-1-3(6)4(7)2-11(8,9)10/h5-16H2,1-4H3;3-4H,1-2H2,(H,8,9,10)/q+1;/p-1. The lowest BCUT2D eigenvalue weighted by Crippen LogP contribution is -2.50. The second kappa shape index (κ2) is 17.5. The Kier molecular flexibility index (Phi) is 18.7. The first-order valence-electron chi connectivity index (χ1n) is 10.7. The second-order valence-corrected chi connectivity index (χ2v) is 9.01. The maximum atomic E-state index is 12.1. The number of rotatable bonds is 16. The zero-order chi connectivity index (χ0) is 22.1. The van der Waals surface area contributed by atoms with Crippen molar-refractivity contribution in [3.8, 4) is 0 Å². The van der Waals surface area contributed by atoms with Crippen molar-refractivity contribution in [3.63, 3.8) is 0 Å². The normalized spacial score (nSPS) is 14.3. The average molecular weight is 434 g/mol. The van der Waals surface area contributed by atoms with Crippen LogP contribution in [0, 0.1) is 0 Å². The van der Waals surface area contributed by atoms with Crippen molar-refractivity contribution in [2.45, 2.75) is 91.4 Å². The molecule has 0 saturated carbocycles. The Balaban J connectivity index is 0. The Bertz CT molecular complexity index is 412. The van der Waals surface area contributed by atoms with Gasteiger partial charge in [0.1, 0.15) is 12.8 Å². The molecule has 0 saturated heterocycles. The molecule has 0 N–H and O–H groups in total. The minimum atomic E-state index is -4.81. The van der Waals surface area contributed by atoms with Gasteiger partial charge in [-0.15, -0.1) is 0 Å². The molecule has 0 rings (SSSR count). The maximum Gasteiger partial charge on any atom is 0.160 e. The zero-order valence-corrected chi connectivity index (χ0v) is 19.1. The molecule has 0 bridgehead atoms. The van der Waals surface area contributed by atoms with Gasteiger partial charge in [0, 0.05) is 0 Å². The molecule has 0 fully saturated rings. The Hall–Kier alpha value is -0.340. The third kappa shape index (κ3) is 16.6. The van der Waals surface area contributed by atoms with E-state index in [0.717, 1.165) is 0 Å². The molecular formula is C20H42F3NO3S. The summed E-state index contributed by atoms with van der Waals surface area (Å²) in [6.45, 7) is 13.4. The molecule has 0 spiro atoms. The van der Waals surface area contributed by atoms with Crippen molar-refractivity contribution >= 4 is 10.1 Å². The van der Waals surface area contributed by atoms with Crippen LogP contribution in [0.4, 0.5) is 13.2 Å². The molecule has 28 heavy (non-hydrogen) atoms. The fourth-order valence-electron chi connectivity index (χ4n) is 3.04. The second-order valence-electron chi connectivity index (χ2n) is 7.56. The molecule has 0 radical (unpaired) electrons. The first-order chi connectivity index (χ1) is 13.1. The summed E-state index contributed by atoms with van der Waals surface area (Å²) < 4.78 is 66.1. The van der Waals surface area contributed by atoms with Crippen molar-refractivity contribution in [2.75, 3.05) is 38.6 Å². The van der Waals surface area contributed by atoms with Crippen molar-refractivity contribution in [3.05, 3.63) is 0 Å². The van der Waals surface area contributed by atoms with Gasteiger partial charge in [0.15, 0.2) is 6.17 Å². The summed E-state index contributed by atoms with van der Waals surface area (Å²) >= 11 is 0. The van der Waals surface area contributed by atoms with Gasteiger partial charge in [-0.05, 0) is 25.7 Å². The number of unbranched alkanes of at least 4 members (excludes halogenated alkanes) is 4. The molecule has 0 aromatic heterocycles. The van der Waals surface area contributed by atoms with Crippen LogP contribution in [0.2, 0.25) is 0 Å². The van der Waals surface area contributed by atoms with E-state index in [1.54, 1.807) is 0 Å². The van der Waals surface area contributed by atoms with Crippen molar-refractivity contribution in [1.29, 1.82) is 0 Å². The molecular weight excluding hydrogens is 391 g/mol. The molecule has 0 aliphatic rings. The monoisotopic (exact) mass is 433 g/mol. The Morgan fingerprint density at radius 3 is 1.29 bits per heavy atom. The third-order valence-electron chi connectivity index (χ3n) is 4.85. The van der Waals surface area contributed by atoms with Crippen LogP contribution >= 0.6 is 0 Å². The van der Waals surface area contributed by atoms with E-state index < -0.39 is 34.9 Å². The highest BCUT2D eigenvalue weighted by atomic mass is 32.2. The van der Waals surface area contributed by atoms with E-state index in [-0.39, 0.29) is 0 Å². The Labute approximate surface area is 171 Å². The van der Waals surface area contributed by atoms with Crippen molar-refractivity contribution < 1.29 is 30.6 Å². The van der Waals surface area contributed by atoms with Crippen LogP contribution in [0.3, 0.4) is 0 Å². The van der Waals surface area contributed by atoms with Crippen LogP contribution in [0.1, 0.15) is 79.1 Å². The lowest BCUT2D eigenvalue weighted by atomic mass is 10.1. The van der Waals surface area contributed by atoms with Gasteiger partial charge in [0.2, 0.25) is 0 Å². The summed E-state index contributed by atoms with van der Waals surface area (Å²) in [4.78, 5) is 0. The molecule has 0 aromatic carbocycles. The predicted octanol–water partition coefficient (Wildman–Crippen LogP) is 5.18. The van der Waals surface area contributed by atoms with E-state index in [1.165, 1.54) is 82.0 Å². The van der Waals surface area contributed by atoms with E-state index in [4.69, 9.17) is 0 Å². The average Bonchev–Trinajstić information content (AvgIpc) is 2.65. The number of hydrogen-bond donors (Lipinski definition) is 0. The highest BCUT2D eigenvalue weighted by Gasteiger charge is 2.24. The van der Waals surface area contributed by atoms with Crippen LogP contribution in [-0.4, -0.2) is 68.4 Å². The van der Waals surface area contributed by atoms with Gasteiger partial charge in [0.05, 0.1) is 42.1 Å². The minimum Gasteiger partial charge on any atom is -0.748 e. The number of quaternary nitrogens is 1. The fourth-order valence-corrected chi connectivity index (χ4v) is 3.64. The molecule has 0 aliphatic carbocycles.